The van der Waals surface area contributed by atoms with Crippen LogP contribution in [0.1, 0.15) is 42.9 Å². The van der Waals surface area contributed by atoms with E-state index in [0.29, 0.717) is 11.1 Å². The number of rotatable bonds is 6. The molecule has 128 valence electrons. The summed E-state index contributed by atoms with van der Waals surface area (Å²) in [5.74, 6) is 2.27. The number of hydrogen-bond donors (Lipinski definition) is 0. The molecule has 1 saturated carbocycles. The molecule has 0 bridgehead atoms. The molecule has 1 aliphatic rings. The van der Waals surface area contributed by atoms with Crippen LogP contribution in [0.3, 0.4) is 0 Å². The fourth-order valence-corrected chi connectivity index (χ4v) is 3.88. The van der Waals surface area contributed by atoms with Gasteiger partial charge in [-0.3, -0.25) is 0 Å². The Morgan fingerprint density at radius 3 is 2.68 bits per heavy atom. The maximum Gasteiger partial charge on any atom is 0.197 e. The smallest absolute Gasteiger partial charge is 0.197 e. The van der Waals surface area contributed by atoms with Crippen molar-refractivity contribution in [3.63, 3.8) is 0 Å². The summed E-state index contributed by atoms with van der Waals surface area (Å²) >= 11 is 7.66. The van der Waals surface area contributed by atoms with Crippen molar-refractivity contribution < 1.29 is 0 Å². The predicted molar refractivity (Wildman–Crippen MR) is 98.1 cm³/mol. The summed E-state index contributed by atoms with van der Waals surface area (Å²) in [6.07, 6.45) is 3.06. The van der Waals surface area contributed by atoms with Crippen LogP contribution >= 0.6 is 23.4 Å². The molecular formula is C18H18ClN5S. The van der Waals surface area contributed by atoms with Gasteiger partial charge in [0.2, 0.25) is 0 Å². The molecule has 1 aromatic carbocycles. The first kappa shape index (κ1) is 16.5. The molecule has 1 aliphatic carbocycles. The fraction of sp³-hybridized carbons (Fsp3) is 0.333. The average molecular weight is 372 g/mol. The van der Waals surface area contributed by atoms with E-state index in [9.17, 15) is 0 Å². The Labute approximate surface area is 155 Å². The standard InChI is InChI=1S/C18H18ClN5S/c1-2-24-15(10-12-6-4-3-5-7-12)22-23-18(24)25-16-11-14(19)20-17(21-16)13-8-9-13/h3-7,11,13H,2,8-10H2,1H3. The van der Waals surface area contributed by atoms with Crippen LogP contribution in [-0.4, -0.2) is 24.7 Å². The lowest BCUT2D eigenvalue weighted by Gasteiger charge is -2.08. The minimum Gasteiger partial charge on any atom is -0.306 e. The Kier molecular flexibility index (Phi) is 4.72. The molecule has 0 spiro atoms. The largest absolute Gasteiger partial charge is 0.306 e. The molecule has 7 heteroatoms. The average Bonchev–Trinajstić information content (AvgIpc) is 3.39. The third-order valence-electron chi connectivity index (χ3n) is 4.14. The second-order valence-electron chi connectivity index (χ2n) is 6.07. The highest BCUT2D eigenvalue weighted by atomic mass is 35.5. The Morgan fingerprint density at radius 1 is 1.16 bits per heavy atom. The molecule has 1 fully saturated rings. The van der Waals surface area contributed by atoms with Crippen LogP contribution in [0.25, 0.3) is 0 Å². The van der Waals surface area contributed by atoms with Gasteiger partial charge in [-0.25, -0.2) is 9.97 Å². The third kappa shape index (κ3) is 3.85. The number of nitrogens with zero attached hydrogens (tertiary/aromatic N) is 5. The van der Waals surface area contributed by atoms with Crippen LogP contribution in [0.4, 0.5) is 0 Å². The van der Waals surface area contributed by atoms with Gasteiger partial charge in [-0.05, 0) is 37.1 Å². The van der Waals surface area contributed by atoms with Gasteiger partial charge in [-0.1, -0.05) is 41.9 Å². The zero-order valence-corrected chi connectivity index (χ0v) is 15.5. The minimum atomic E-state index is 0.468. The van der Waals surface area contributed by atoms with E-state index in [0.717, 1.165) is 47.6 Å². The van der Waals surface area contributed by atoms with Crippen LogP contribution in [0.2, 0.25) is 5.15 Å². The van der Waals surface area contributed by atoms with Crippen molar-refractivity contribution >= 4 is 23.4 Å². The van der Waals surface area contributed by atoms with E-state index in [-0.39, 0.29) is 0 Å². The van der Waals surface area contributed by atoms with Crippen molar-refractivity contribution in [3.8, 4) is 0 Å². The quantitative estimate of drug-likeness (QED) is 0.602. The monoisotopic (exact) mass is 371 g/mol. The van der Waals surface area contributed by atoms with Crippen LogP contribution in [-0.2, 0) is 13.0 Å². The van der Waals surface area contributed by atoms with Crippen LogP contribution in [0.15, 0.2) is 46.6 Å². The van der Waals surface area contributed by atoms with Gasteiger partial charge in [-0.15, -0.1) is 10.2 Å². The third-order valence-corrected chi connectivity index (χ3v) is 5.24. The summed E-state index contributed by atoms with van der Waals surface area (Å²) in [6, 6.07) is 12.1. The number of hydrogen-bond acceptors (Lipinski definition) is 5. The molecular weight excluding hydrogens is 354 g/mol. The molecule has 2 aromatic heterocycles. The predicted octanol–water partition coefficient (Wildman–Crippen LogP) is 4.36. The molecule has 0 aliphatic heterocycles. The summed E-state index contributed by atoms with van der Waals surface area (Å²) in [4.78, 5) is 8.99. The lowest BCUT2D eigenvalue weighted by atomic mass is 10.1. The normalized spacial score (nSPS) is 14.0. The van der Waals surface area contributed by atoms with Crippen LogP contribution < -0.4 is 0 Å². The van der Waals surface area contributed by atoms with Crippen molar-refractivity contribution in [2.75, 3.05) is 0 Å². The van der Waals surface area contributed by atoms with Crippen molar-refractivity contribution in [2.24, 2.45) is 0 Å². The van der Waals surface area contributed by atoms with Gasteiger partial charge in [0.25, 0.3) is 0 Å². The van der Waals surface area contributed by atoms with E-state index in [1.807, 2.05) is 18.2 Å². The second kappa shape index (κ2) is 7.14. The van der Waals surface area contributed by atoms with Crippen molar-refractivity contribution in [2.45, 2.75) is 48.8 Å². The lowest BCUT2D eigenvalue weighted by molar-refractivity contribution is 0.650. The molecule has 25 heavy (non-hydrogen) atoms. The molecule has 0 unspecified atom stereocenters. The Hall–Kier alpha value is -1.92. The highest BCUT2D eigenvalue weighted by Crippen LogP contribution is 2.39. The fourth-order valence-electron chi connectivity index (χ4n) is 2.71. The number of benzene rings is 1. The molecule has 4 rings (SSSR count). The highest BCUT2D eigenvalue weighted by Gasteiger charge is 2.27. The Morgan fingerprint density at radius 2 is 1.96 bits per heavy atom. The molecule has 0 amide bonds. The summed E-state index contributed by atoms with van der Waals surface area (Å²) in [5, 5.41) is 10.9. The van der Waals surface area contributed by atoms with E-state index >= 15 is 0 Å². The zero-order chi connectivity index (χ0) is 17.2. The molecule has 0 atom stereocenters. The second-order valence-corrected chi connectivity index (χ2v) is 7.44. The Bertz CT molecular complexity index is 876. The van der Waals surface area contributed by atoms with Gasteiger partial charge in [0.1, 0.15) is 21.8 Å². The van der Waals surface area contributed by atoms with E-state index in [2.05, 4.69) is 43.8 Å². The molecule has 0 radical (unpaired) electrons. The zero-order valence-electron chi connectivity index (χ0n) is 13.9. The van der Waals surface area contributed by atoms with E-state index in [1.165, 1.54) is 17.3 Å². The van der Waals surface area contributed by atoms with Crippen molar-refractivity contribution in [3.05, 3.63) is 58.8 Å². The number of halogens is 1. The Balaban J connectivity index is 1.58. The minimum absolute atomic E-state index is 0.468. The van der Waals surface area contributed by atoms with Gasteiger partial charge in [0.15, 0.2) is 5.16 Å². The van der Waals surface area contributed by atoms with E-state index in [1.54, 1.807) is 6.07 Å². The maximum absolute atomic E-state index is 6.17. The SMILES string of the molecule is CCn1c(Cc2ccccc2)nnc1Sc1cc(Cl)nc(C2CC2)n1. The highest BCUT2D eigenvalue weighted by molar-refractivity contribution is 7.99. The topological polar surface area (TPSA) is 56.5 Å². The molecule has 3 aromatic rings. The van der Waals surface area contributed by atoms with Crippen LogP contribution in [0.5, 0.6) is 0 Å². The maximum atomic E-state index is 6.17. The van der Waals surface area contributed by atoms with E-state index in [4.69, 9.17) is 11.6 Å². The summed E-state index contributed by atoms with van der Waals surface area (Å²) in [6.45, 7) is 2.91. The van der Waals surface area contributed by atoms with Gasteiger partial charge < -0.3 is 4.57 Å². The van der Waals surface area contributed by atoms with Gasteiger partial charge in [0.05, 0.1) is 0 Å². The van der Waals surface area contributed by atoms with Crippen molar-refractivity contribution in [1.29, 1.82) is 0 Å². The molecule has 0 saturated heterocycles. The summed E-state index contributed by atoms with van der Waals surface area (Å²) < 4.78 is 2.13. The van der Waals surface area contributed by atoms with Gasteiger partial charge in [-0.2, -0.15) is 0 Å². The summed E-state index contributed by atoms with van der Waals surface area (Å²) in [7, 11) is 0. The van der Waals surface area contributed by atoms with E-state index < -0.39 is 0 Å². The molecule has 0 N–H and O–H groups in total. The summed E-state index contributed by atoms with van der Waals surface area (Å²) in [5.41, 5.74) is 1.22. The molecule has 2 heterocycles. The van der Waals surface area contributed by atoms with Gasteiger partial charge >= 0.3 is 0 Å². The van der Waals surface area contributed by atoms with Gasteiger partial charge in [0, 0.05) is 24.9 Å². The number of aromatic nitrogens is 5. The molecule has 5 nitrogen and oxygen atoms in total. The van der Waals surface area contributed by atoms with Crippen molar-refractivity contribution in [1.82, 2.24) is 24.7 Å². The first-order valence-corrected chi connectivity index (χ1v) is 9.60. The lowest BCUT2D eigenvalue weighted by Crippen LogP contribution is -2.04. The first-order chi connectivity index (χ1) is 12.2. The first-order valence-electron chi connectivity index (χ1n) is 8.41. The van der Waals surface area contributed by atoms with Crippen LogP contribution in [0, 0.1) is 0 Å².